The Kier molecular flexibility index (Phi) is 5.65. The number of amides is 1. The highest BCUT2D eigenvalue weighted by Crippen LogP contribution is 2.38. The number of nitro groups is 1. The molecule has 0 aromatic heterocycles. The van der Waals surface area contributed by atoms with Gasteiger partial charge in [-0.3, -0.25) is 24.0 Å². The molecule has 4 N–H and O–H groups in total. The summed E-state index contributed by atoms with van der Waals surface area (Å²) < 4.78 is 65.1. The molecule has 14 heteroatoms. The number of phenolic OH excluding ortho intramolecular Hbond substituents is 1. The average Bonchev–Trinajstić information content (AvgIpc) is 2.65. The molecule has 0 aliphatic rings. The average molecular weight is 482 g/mol. The Bertz CT molecular complexity index is 1510. The van der Waals surface area contributed by atoms with Crippen molar-refractivity contribution < 1.29 is 40.8 Å². The standard InChI is InChI=1S/C18H14N2O10S2/c1-9-6-10(20(23)24)2-3-12(9)18(22)19-14-4-5-16(32(28,29)30)13-7-11(31(25,26)27)8-15(21)17(13)14/h2-8,21H,1H3,(H,19,22)(H,25,26,27)(H,28,29,30). The van der Waals surface area contributed by atoms with Crippen molar-refractivity contribution in [2.24, 2.45) is 0 Å². The molecule has 0 aliphatic heterocycles. The van der Waals surface area contributed by atoms with Crippen LogP contribution in [-0.4, -0.2) is 41.9 Å². The number of hydrogen-bond donors (Lipinski definition) is 4. The fraction of sp³-hybridized carbons (Fsp3) is 0.0556. The van der Waals surface area contributed by atoms with Crippen LogP contribution in [0.25, 0.3) is 10.8 Å². The number of aryl methyl sites for hydroxylation is 1. The second-order valence-electron chi connectivity index (χ2n) is 6.64. The number of phenols is 1. The van der Waals surface area contributed by atoms with E-state index in [1.165, 1.54) is 19.1 Å². The summed E-state index contributed by atoms with van der Waals surface area (Å²) in [6.45, 7) is 1.46. The highest BCUT2D eigenvalue weighted by molar-refractivity contribution is 7.86. The summed E-state index contributed by atoms with van der Waals surface area (Å²) in [6, 6.07) is 6.74. The lowest BCUT2D eigenvalue weighted by Crippen LogP contribution is -2.14. The van der Waals surface area contributed by atoms with Crippen LogP contribution in [0.15, 0.2) is 52.3 Å². The Morgan fingerprint density at radius 1 is 1.00 bits per heavy atom. The fourth-order valence-electron chi connectivity index (χ4n) is 3.09. The van der Waals surface area contributed by atoms with E-state index in [2.05, 4.69) is 5.32 Å². The van der Waals surface area contributed by atoms with Crippen LogP contribution in [0.4, 0.5) is 11.4 Å². The van der Waals surface area contributed by atoms with E-state index in [0.717, 1.165) is 18.2 Å². The number of fused-ring (bicyclic) bond motifs is 1. The van der Waals surface area contributed by atoms with Crippen molar-refractivity contribution in [3.8, 4) is 5.75 Å². The first kappa shape index (κ1) is 23.1. The van der Waals surface area contributed by atoms with Gasteiger partial charge in [0.25, 0.3) is 31.8 Å². The number of nitrogens with one attached hydrogen (secondary N) is 1. The monoisotopic (exact) mass is 482 g/mol. The minimum absolute atomic E-state index is 0.0386. The number of rotatable bonds is 5. The van der Waals surface area contributed by atoms with Gasteiger partial charge in [-0.05, 0) is 36.8 Å². The largest absolute Gasteiger partial charge is 0.507 e. The predicted octanol–water partition coefficient (Wildman–Crippen LogP) is 2.51. The lowest BCUT2D eigenvalue weighted by Gasteiger charge is -2.14. The lowest BCUT2D eigenvalue weighted by atomic mass is 10.1. The molecule has 1 amide bonds. The zero-order valence-corrected chi connectivity index (χ0v) is 17.6. The molecule has 32 heavy (non-hydrogen) atoms. The zero-order valence-electron chi connectivity index (χ0n) is 16.0. The third-order valence-electron chi connectivity index (χ3n) is 4.52. The molecular formula is C18H14N2O10S2. The van der Waals surface area contributed by atoms with Crippen LogP contribution < -0.4 is 5.32 Å². The highest BCUT2D eigenvalue weighted by Gasteiger charge is 2.23. The van der Waals surface area contributed by atoms with E-state index in [4.69, 9.17) is 0 Å². The minimum atomic E-state index is -4.89. The van der Waals surface area contributed by atoms with Crippen molar-refractivity contribution >= 4 is 48.3 Å². The van der Waals surface area contributed by atoms with E-state index < -0.39 is 52.0 Å². The molecule has 3 aromatic rings. The number of non-ortho nitro benzene ring substituents is 1. The third-order valence-corrected chi connectivity index (χ3v) is 6.26. The molecule has 3 rings (SSSR count). The number of aromatic hydroxyl groups is 1. The van der Waals surface area contributed by atoms with Crippen LogP contribution >= 0.6 is 0 Å². The van der Waals surface area contributed by atoms with Crippen molar-refractivity contribution in [3.05, 3.63) is 63.7 Å². The third kappa shape index (κ3) is 4.38. The van der Waals surface area contributed by atoms with Crippen molar-refractivity contribution in [1.29, 1.82) is 0 Å². The van der Waals surface area contributed by atoms with Gasteiger partial charge in [0, 0.05) is 34.5 Å². The van der Waals surface area contributed by atoms with Gasteiger partial charge < -0.3 is 10.4 Å². The molecule has 0 bridgehead atoms. The second-order valence-corrected chi connectivity index (χ2v) is 9.45. The number of hydrogen-bond acceptors (Lipinski definition) is 8. The van der Waals surface area contributed by atoms with Gasteiger partial charge in [0.05, 0.1) is 15.5 Å². The maximum absolute atomic E-state index is 12.7. The lowest BCUT2D eigenvalue weighted by molar-refractivity contribution is -0.384. The molecule has 168 valence electrons. The van der Waals surface area contributed by atoms with Crippen molar-refractivity contribution in [2.45, 2.75) is 16.7 Å². The topological polar surface area (TPSA) is 201 Å². The Morgan fingerprint density at radius 3 is 2.19 bits per heavy atom. The van der Waals surface area contributed by atoms with Crippen LogP contribution in [0.5, 0.6) is 5.75 Å². The first-order valence-electron chi connectivity index (χ1n) is 8.51. The van der Waals surface area contributed by atoms with Gasteiger partial charge in [0.1, 0.15) is 10.6 Å². The second kappa shape index (κ2) is 7.83. The van der Waals surface area contributed by atoms with Crippen LogP contribution in [0.2, 0.25) is 0 Å². The van der Waals surface area contributed by atoms with Crippen LogP contribution in [0, 0.1) is 17.0 Å². The van der Waals surface area contributed by atoms with Crippen LogP contribution in [-0.2, 0) is 20.2 Å². The van der Waals surface area contributed by atoms with Crippen LogP contribution in [0.3, 0.4) is 0 Å². The summed E-state index contributed by atoms with van der Waals surface area (Å²) >= 11 is 0. The first-order valence-corrected chi connectivity index (χ1v) is 11.4. The molecule has 0 fully saturated rings. The summed E-state index contributed by atoms with van der Waals surface area (Å²) in [4.78, 5) is 21.3. The molecule has 0 heterocycles. The van der Waals surface area contributed by atoms with Gasteiger partial charge in [-0.15, -0.1) is 0 Å². The molecule has 0 spiro atoms. The van der Waals surface area contributed by atoms with Gasteiger partial charge in [-0.2, -0.15) is 16.8 Å². The normalized spacial score (nSPS) is 12.0. The number of anilines is 1. The minimum Gasteiger partial charge on any atom is -0.507 e. The fourth-order valence-corrected chi connectivity index (χ4v) is 4.30. The van der Waals surface area contributed by atoms with Crippen LogP contribution in [0.1, 0.15) is 15.9 Å². The maximum Gasteiger partial charge on any atom is 0.295 e. The molecule has 0 radical (unpaired) electrons. The Hall–Kier alpha value is -3.59. The van der Waals surface area contributed by atoms with Gasteiger partial charge in [0.15, 0.2) is 0 Å². The molecule has 12 nitrogen and oxygen atoms in total. The summed E-state index contributed by atoms with van der Waals surface area (Å²) in [5.41, 5.74) is -0.1000. The van der Waals surface area contributed by atoms with E-state index in [-0.39, 0.29) is 27.9 Å². The number of benzene rings is 3. The van der Waals surface area contributed by atoms with Crippen molar-refractivity contribution in [3.63, 3.8) is 0 Å². The van der Waals surface area contributed by atoms with E-state index >= 15 is 0 Å². The summed E-state index contributed by atoms with van der Waals surface area (Å²) in [7, 11) is -9.74. The van der Waals surface area contributed by atoms with E-state index in [1.807, 2.05) is 0 Å². The highest BCUT2D eigenvalue weighted by atomic mass is 32.2. The van der Waals surface area contributed by atoms with Gasteiger partial charge >= 0.3 is 0 Å². The molecule has 0 atom stereocenters. The van der Waals surface area contributed by atoms with Gasteiger partial charge in [0.2, 0.25) is 0 Å². The molecule has 3 aromatic carbocycles. The number of carbonyl (C=O) groups excluding carboxylic acids is 1. The van der Waals surface area contributed by atoms with E-state index in [1.54, 1.807) is 0 Å². The Morgan fingerprint density at radius 2 is 1.66 bits per heavy atom. The van der Waals surface area contributed by atoms with Gasteiger partial charge in [-0.1, -0.05) is 0 Å². The summed E-state index contributed by atoms with van der Waals surface area (Å²) in [6.07, 6.45) is 0. The molecule has 0 saturated heterocycles. The number of carbonyl (C=O) groups is 1. The Balaban J connectivity index is 2.20. The summed E-state index contributed by atoms with van der Waals surface area (Å²) in [5, 5.41) is 22.8. The van der Waals surface area contributed by atoms with E-state index in [9.17, 15) is 46.0 Å². The first-order chi connectivity index (χ1) is 14.7. The SMILES string of the molecule is Cc1cc([N+](=O)[O-])ccc1C(=O)Nc1ccc(S(=O)(=O)O)c2cc(S(=O)(=O)O)cc(O)c12. The molecule has 0 unspecified atom stereocenters. The number of nitrogens with zero attached hydrogens (tertiary/aromatic N) is 1. The number of nitro benzene ring substituents is 1. The Labute approximate surface area is 180 Å². The van der Waals surface area contributed by atoms with Gasteiger partial charge in [-0.25, -0.2) is 0 Å². The maximum atomic E-state index is 12.7. The van der Waals surface area contributed by atoms with E-state index in [0.29, 0.717) is 12.1 Å². The molecular weight excluding hydrogens is 468 g/mol. The quantitative estimate of drug-likeness (QED) is 0.238. The molecule has 0 saturated carbocycles. The smallest absolute Gasteiger partial charge is 0.295 e. The van der Waals surface area contributed by atoms with Crippen molar-refractivity contribution in [2.75, 3.05) is 5.32 Å². The van der Waals surface area contributed by atoms with Crippen molar-refractivity contribution in [1.82, 2.24) is 0 Å². The molecule has 0 aliphatic carbocycles. The summed E-state index contributed by atoms with van der Waals surface area (Å²) in [5.74, 6) is -1.58. The predicted molar refractivity (Wildman–Crippen MR) is 111 cm³/mol. The zero-order chi connectivity index (χ0) is 24.0.